The summed E-state index contributed by atoms with van der Waals surface area (Å²) in [5.41, 5.74) is 1.50. The molecule has 42 heavy (non-hydrogen) atoms. The summed E-state index contributed by atoms with van der Waals surface area (Å²) in [6.07, 6.45) is -0.741. The third kappa shape index (κ3) is 7.28. The molecule has 1 atom stereocenters. The Labute approximate surface area is 244 Å². The predicted molar refractivity (Wildman–Crippen MR) is 154 cm³/mol. The lowest BCUT2D eigenvalue weighted by atomic mass is 10.1. The summed E-state index contributed by atoms with van der Waals surface area (Å²) in [5, 5.41) is 15.4. The van der Waals surface area contributed by atoms with Crippen molar-refractivity contribution in [3.05, 3.63) is 89.0 Å². The van der Waals surface area contributed by atoms with E-state index in [1.54, 1.807) is 48.5 Å². The van der Waals surface area contributed by atoms with E-state index in [0.29, 0.717) is 35.6 Å². The Kier molecular flexibility index (Phi) is 9.85. The van der Waals surface area contributed by atoms with E-state index in [9.17, 15) is 23.3 Å². The minimum Gasteiger partial charge on any atom is -0.493 e. The van der Waals surface area contributed by atoms with Crippen LogP contribution in [0.15, 0.2) is 66.7 Å². The molecule has 0 radical (unpaired) electrons. The summed E-state index contributed by atoms with van der Waals surface area (Å²) >= 11 is 0. The normalized spacial score (nSPS) is 14.4. The van der Waals surface area contributed by atoms with E-state index in [1.165, 1.54) is 32.4 Å². The second-order valence-electron chi connectivity index (χ2n) is 9.33. The molecule has 0 bridgehead atoms. The second kappa shape index (κ2) is 13.7. The maximum Gasteiger partial charge on any atom is 0.422 e. The molecule has 0 aromatic heterocycles. The van der Waals surface area contributed by atoms with E-state index in [1.807, 2.05) is 10.8 Å². The molecule has 4 rings (SSSR count). The number of carbonyl (C=O) groups excluding carboxylic acids is 2. The molecule has 1 heterocycles. The lowest BCUT2D eigenvalue weighted by Gasteiger charge is -2.31. The van der Waals surface area contributed by atoms with Crippen LogP contribution in [0.4, 0.5) is 10.5 Å². The minimum absolute atomic E-state index is 0.0101. The molecule has 0 saturated carbocycles. The summed E-state index contributed by atoms with van der Waals surface area (Å²) in [7, 11) is -1.53. The van der Waals surface area contributed by atoms with Gasteiger partial charge in [-0.2, -0.15) is 13.7 Å². The Bertz CT molecular complexity index is 1570. The number of nitrogens with zero attached hydrogens (tertiary/aromatic N) is 2. The molecular formula is C29H31N5O7S. The van der Waals surface area contributed by atoms with Crippen LogP contribution in [0, 0.1) is 11.3 Å². The molecular weight excluding hydrogens is 562 g/mol. The van der Waals surface area contributed by atoms with Gasteiger partial charge < -0.3 is 24.8 Å². The Morgan fingerprint density at radius 1 is 1.02 bits per heavy atom. The average molecular weight is 594 g/mol. The van der Waals surface area contributed by atoms with Gasteiger partial charge in [-0.3, -0.25) is 4.79 Å². The Morgan fingerprint density at radius 2 is 1.79 bits per heavy atom. The lowest BCUT2D eigenvalue weighted by molar-refractivity contribution is 0.0951. The van der Waals surface area contributed by atoms with Gasteiger partial charge in [0.25, 0.3) is 5.91 Å². The van der Waals surface area contributed by atoms with Crippen LogP contribution in [0.3, 0.4) is 0 Å². The van der Waals surface area contributed by atoms with Crippen LogP contribution < -0.4 is 29.1 Å². The first kappa shape index (κ1) is 30.2. The number of methoxy groups -OCH3 is 2. The molecule has 3 aromatic rings. The highest BCUT2D eigenvalue weighted by Crippen LogP contribution is 2.30. The number of carbonyl (C=O) groups is 2. The SMILES string of the molecule is COc1ccc(CNC(=O)c2cc(C#N)ccc2N([C@@H]2CCNC2)S(=O)(=O)NC(=O)OCc2ccccc2)cc1OC. The summed E-state index contributed by atoms with van der Waals surface area (Å²) in [4.78, 5) is 26.0. The summed E-state index contributed by atoms with van der Waals surface area (Å²) < 4.78 is 46.0. The number of anilines is 1. The predicted octanol–water partition coefficient (Wildman–Crippen LogP) is 2.84. The van der Waals surface area contributed by atoms with Gasteiger partial charge in [0.05, 0.1) is 43.1 Å². The number of amides is 2. The van der Waals surface area contributed by atoms with Crippen molar-refractivity contribution in [1.29, 1.82) is 5.26 Å². The number of nitrogens with one attached hydrogen (secondary N) is 3. The maximum atomic E-state index is 13.6. The quantitative estimate of drug-likeness (QED) is 0.304. The van der Waals surface area contributed by atoms with E-state index < -0.39 is 28.3 Å². The lowest BCUT2D eigenvalue weighted by Crippen LogP contribution is -2.50. The van der Waals surface area contributed by atoms with Crippen LogP contribution in [-0.2, 0) is 28.1 Å². The van der Waals surface area contributed by atoms with Crippen LogP contribution in [-0.4, -0.2) is 53.8 Å². The largest absolute Gasteiger partial charge is 0.493 e. The van der Waals surface area contributed by atoms with Gasteiger partial charge in [-0.1, -0.05) is 36.4 Å². The van der Waals surface area contributed by atoms with Crippen molar-refractivity contribution in [2.24, 2.45) is 0 Å². The third-order valence-corrected chi connectivity index (χ3v) is 8.00. The van der Waals surface area contributed by atoms with Crippen molar-refractivity contribution < 1.29 is 32.2 Å². The minimum atomic E-state index is -4.55. The first-order chi connectivity index (χ1) is 20.2. The van der Waals surface area contributed by atoms with E-state index in [0.717, 1.165) is 4.31 Å². The highest BCUT2D eigenvalue weighted by molar-refractivity contribution is 7.91. The van der Waals surface area contributed by atoms with Gasteiger partial charge in [-0.25, -0.2) is 13.8 Å². The zero-order chi connectivity index (χ0) is 30.1. The zero-order valence-electron chi connectivity index (χ0n) is 23.1. The fourth-order valence-electron chi connectivity index (χ4n) is 4.52. The third-order valence-electron chi connectivity index (χ3n) is 6.56. The maximum absolute atomic E-state index is 13.6. The summed E-state index contributed by atoms with van der Waals surface area (Å²) in [6.45, 7) is 0.768. The highest BCUT2D eigenvalue weighted by atomic mass is 32.2. The number of ether oxygens (including phenoxy) is 3. The number of hydrogen-bond acceptors (Lipinski definition) is 9. The second-order valence-corrected chi connectivity index (χ2v) is 10.9. The van der Waals surface area contributed by atoms with Crippen LogP contribution >= 0.6 is 0 Å². The number of rotatable bonds is 11. The molecule has 12 nitrogen and oxygen atoms in total. The van der Waals surface area contributed by atoms with Crippen molar-refractivity contribution in [3.63, 3.8) is 0 Å². The first-order valence-corrected chi connectivity index (χ1v) is 14.5. The van der Waals surface area contributed by atoms with Gasteiger partial charge >= 0.3 is 16.3 Å². The topological polar surface area (TPSA) is 159 Å². The first-order valence-electron chi connectivity index (χ1n) is 13.0. The molecule has 3 aromatic carbocycles. The molecule has 0 spiro atoms. The average Bonchev–Trinajstić information content (AvgIpc) is 3.53. The Balaban J connectivity index is 1.60. The van der Waals surface area contributed by atoms with Crippen molar-refractivity contribution in [1.82, 2.24) is 15.4 Å². The van der Waals surface area contributed by atoms with Crippen LogP contribution in [0.2, 0.25) is 0 Å². The van der Waals surface area contributed by atoms with Gasteiger partial charge in [-0.15, -0.1) is 0 Å². The Hall–Kier alpha value is -4.80. The molecule has 1 saturated heterocycles. The molecule has 1 aliphatic heterocycles. The monoisotopic (exact) mass is 593 g/mol. The molecule has 3 N–H and O–H groups in total. The number of benzene rings is 3. The van der Waals surface area contributed by atoms with Crippen molar-refractivity contribution >= 4 is 27.9 Å². The van der Waals surface area contributed by atoms with Crippen LogP contribution in [0.1, 0.15) is 33.5 Å². The van der Waals surface area contributed by atoms with Gasteiger partial charge in [0.2, 0.25) is 0 Å². The fourth-order valence-corrected chi connectivity index (χ4v) is 5.88. The van der Waals surface area contributed by atoms with E-state index in [2.05, 4.69) is 10.6 Å². The fraction of sp³-hybridized carbons (Fsp3) is 0.276. The standard InChI is InChI=1S/C29H31N5O7S/c1-39-26-11-9-22(15-27(26)40-2)17-32-28(35)24-14-21(16-30)8-10-25(24)34(23-12-13-31-18-23)42(37,38)33-29(36)41-19-20-6-4-3-5-7-20/h3-11,14-15,23,31H,12-13,17-19H2,1-2H3,(H,32,35)(H,33,36)/t23-/m1/s1. The molecule has 13 heteroatoms. The van der Waals surface area contributed by atoms with Gasteiger partial charge in [0.1, 0.15) is 6.61 Å². The molecule has 2 amide bonds. The number of hydrogen-bond donors (Lipinski definition) is 3. The van der Waals surface area contributed by atoms with Crippen LogP contribution in [0.25, 0.3) is 0 Å². The van der Waals surface area contributed by atoms with Crippen molar-refractivity contribution in [2.45, 2.75) is 25.6 Å². The van der Waals surface area contributed by atoms with E-state index in [-0.39, 0.29) is 36.5 Å². The Morgan fingerprint density at radius 3 is 2.45 bits per heavy atom. The smallest absolute Gasteiger partial charge is 0.422 e. The molecule has 1 fully saturated rings. The van der Waals surface area contributed by atoms with E-state index >= 15 is 0 Å². The molecule has 220 valence electrons. The zero-order valence-corrected chi connectivity index (χ0v) is 23.9. The van der Waals surface area contributed by atoms with Gasteiger partial charge in [0.15, 0.2) is 11.5 Å². The van der Waals surface area contributed by atoms with Crippen molar-refractivity contribution in [3.8, 4) is 17.6 Å². The van der Waals surface area contributed by atoms with Crippen molar-refractivity contribution in [2.75, 3.05) is 31.6 Å². The number of nitriles is 1. The van der Waals surface area contributed by atoms with Gasteiger partial charge in [0, 0.05) is 13.1 Å². The van der Waals surface area contributed by atoms with Crippen LogP contribution in [0.5, 0.6) is 11.5 Å². The highest BCUT2D eigenvalue weighted by Gasteiger charge is 2.36. The molecule has 0 unspecified atom stereocenters. The molecule has 0 aliphatic carbocycles. The summed E-state index contributed by atoms with van der Waals surface area (Å²) in [5.74, 6) is 0.389. The van der Waals surface area contributed by atoms with Gasteiger partial charge in [-0.05, 0) is 54.4 Å². The molecule has 1 aliphatic rings. The van der Waals surface area contributed by atoms with E-state index in [4.69, 9.17) is 14.2 Å². The summed E-state index contributed by atoms with van der Waals surface area (Å²) in [6, 6.07) is 19.5.